The zero-order chi connectivity index (χ0) is 15.2. The molecule has 1 fully saturated rings. The van der Waals surface area contributed by atoms with Gasteiger partial charge in [0.2, 0.25) is 0 Å². The Balaban J connectivity index is 1.96. The molecule has 1 atom stereocenters. The van der Waals surface area contributed by atoms with E-state index in [0.717, 1.165) is 44.4 Å². The average Bonchev–Trinajstić information content (AvgIpc) is 2.47. The molecule has 0 amide bonds. The van der Waals surface area contributed by atoms with Gasteiger partial charge in [0.25, 0.3) is 0 Å². The molecule has 6 nitrogen and oxygen atoms in total. The largest absolute Gasteiger partial charge is 0.369 e. The minimum absolute atomic E-state index is 0.527. The second kappa shape index (κ2) is 7.56. The van der Waals surface area contributed by atoms with Gasteiger partial charge in [-0.25, -0.2) is 9.97 Å². The van der Waals surface area contributed by atoms with E-state index in [1.807, 2.05) is 0 Å². The summed E-state index contributed by atoms with van der Waals surface area (Å²) >= 11 is 0. The number of rotatable bonds is 6. The third-order valence-electron chi connectivity index (χ3n) is 3.85. The van der Waals surface area contributed by atoms with Gasteiger partial charge < -0.3 is 20.4 Å². The van der Waals surface area contributed by atoms with Gasteiger partial charge in [0.05, 0.1) is 0 Å². The van der Waals surface area contributed by atoms with Crippen LogP contribution in [0.1, 0.15) is 13.8 Å². The third kappa shape index (κ3) is 4.82. The first-order chi connectivity index (χ1) is 10.1. The molecule has 0 aromatic carbocycles. The topological polar surface area (TPSA) is 56.3 Å². The molecule has 0 spiro atoms. The summed E-state index contributed by atoms with van der Waals surface area (Å²) in [5, 5.41) is 6.93. The van der Waals surface area contributed by atoms with E-state index in [-0.39, 0.29) is 0 Å². The van der Waals surface area contributed by atoms with E-state index in [9.17, 15) is 0 Å². The van der Waals surface area contributed by atoms with E-state index in [1.165, 1.54) is 0 Å². The fourth-order valence-electron chi connectivity index (χ4n) is 2.46. The molecule has 1 aliphatic heterocycles. The third-order valence-corrected chi connectivity index (χ3v) is 3.85. The molecule has 1 aromatic rings. The smallest absolute Gasteiger partial charge is 0.134 e. The SMILES string of the molecule is CC(C)C1CN(c2cc(NCCN(C)C)ncn2)CCN1. The molecule has 6 heteroatoms. The summed E-state index contributed by atoms with van der Waals surface area (Å²) in [5.41, 5.74) is 0. The minimum atomic E-state index is 0.527. The molecule has 1 aliphatic rings. The summed E-state index contributed by atoms with van der Waals surface area (Å²) in [6.45, 7) is 9.41. The van der Waals surface area contributed by atoms with Crippen molar-refractivity contribution in [3.63, 3.8) is 0 Å². The molecule has 0 saturated carbocycles. The lowest BCUT2D eigenvalue weighted by molar-refractivity contribution is 0.367. The first-order valence-corrected chi connectivity index (χ1v) is 7.75. The Morgan fingerprint density at radius 1 is 1.43 bits per heavy atom. The Kier molecular flexibility index (Phi) is 5.76. The molecule has 1 saturated heterocycles. The number of aromatic nitrogens is 2. The van der Waals surface area contributed by atoms with Crippen LogP contribution in [0.3, 0.4) is 0 Å². The van der Waals surface area contributed by atoms with E-state index in [2.05, 4.69) is 64.4 Å². The second-order valence-electron chi connectivity index (χ2n) is 6.24. The van der Waals surface area contributed by atoms with Crippen molar-refractivity contribution in [1.82, 2.24) is 20.2 Å². The fraction of sp³-hybridized carbons (Fsp3) is 0.733. The van der Waals surface area contributed by atoms with Crippen LogP contribution in [0, 0.1) is 5.92 Å². The molecular weight excluding hydrogens is 264 g/mol. The molecule has 0 aliphatic carbocycles. The van der Waals surface area contributed by atoms with Crippen LogP contribution in [0.5, 0.6) is 0 Å². The van der Waals surface area contributed by atoms with Crippen LogP contribution in [0.2, 0.25) is 0 Å². The van der Waals surface area contributed by atoms with Crippen molar-refractivity contribution >= 4 is 11.6 Å². The Bertz CT molecular complexity index is 434. The minimum Gasteiger partial charge on any atom is -0.369 e. The molecule has 2 heterocycles. The molecule has 1 aromatic heterocycles. The second-order valence-corrected chi connectivity index (χ2v) is 6.24. The Labute approximate surface area is 127 Å². The predicted molar refractivity (Wildman–Crippen MR) is 87.9 cm³/mol. The molecular formula is C15H28N6. The molecule has 0 radical (unpaired) electrons. The predicted octanol–water partition coefficient (Wildman–Crippen LogP) is 0.884. The normalized spacial score (nSPS) is 19.3. The first kappa shape index (κ1) is 16.0. The lowest BCUT2D eigenvalue weighted by Crippen LogP contribution is -2.53. The van der Waals surface area contributed by atoms with E-state index in [0.29, 0.717) is 12.0 Å². The van der Waals surface area contributed by atoms with Crippen LogP contribution >= 0.6 is 0 Å². The van der Waals surface area contributed by atoms with Gasteiger partial charge in [0.15, 0.2) is 0 Å². The highest BCUT2D eigenvalue weighted by Crippen LogP contribution is 2.17. The van der Waals surface area contributed by atoms with Crippen LogP contribution in [-0.4, -0.2) is 67.7 Å². The number of hydrogen-bond acceptors (Lipinski definition) is 6. The summed E-state index contributed by atoms with van der Waals surface area (Å²) in [6, 6.07) is 2.58. The first-order valence-electron chi connectivity index (χ1n) is 7.75. The van der Waals surface area contributed by atoms with Gasteiger partial charge >= 0.3 is 0 Å². The summed E-state index contributed by atoms with van der Waals surface area (Å²) in [7, 11) is 4.14. The summed E-state index contributed by atoms with van der Waals surface area (Å²) in [4.78, 5) is 13.2. The fourth-order valence-corrected chi connectivity index (χ4v) is 2.46. The lowest BCUT2D eigenvalue weighted by atomic mass is 10.0. The van der Waals surface area contributed by atoms with Gasteiger partial charge in [-0.05, 0) is 20.0 Å². The number of anilines is 2. The Morgan fingerprint density at radius 2 is 2.24 bits per heavy atom. The van der Waals surface area contributed by atoms with Gasteiger partial charge in [-0.1, -0.05) is 13.8 Å². The monoisotopic (exact) mass is 292 g/mol. The van der Waals surface area contributed by atoms with E-state index >= 15 is 0 Å². The Hall–Kier alpha value is -1.40. The van der Waals surface area contributed by atoms with Gasteiger partial charge in [0.1, 0.15) is 18.0 Å². The maximum atomic E-state index is 4.44. The van der Waals surface area contributed by atoms with Gasteiger partial charge in [-0.2, -0.15) is 0 Å². The average molecular weight is 292 g/mol. The van der Waals surface area contributed by atoms with Crippen molar-refractivity contribution in [3.05, 3.63) is 12.4 Å². The van der Waals surface area contributed by atoms with Crippen LogP contribution in [-0.2, 0) is 0 Å². The van der Waals surface area contributed by atoms with E-state index in [4.69, 9.17) is 0 Å². The van der Waals surface area contributed by atoms with Crippen LogP contribution in [0.25, 0.3) is 0 Å². The summed E-state index contributed by atoms with van der Waals surface area (Å²) < 4.78 is 0. The number of piperazine rings is 1. The highest BCUT2D eigenvalue weighted by atomic mass is 15.3. The van der Waals surface area contributed by atoms with Gasteiger partial charge in [-0.3, -0.25) is 0 Å². The van der Waals surface area contributed by atoms with Gasteiger partial charge in [0, 0.05) is 44.8 Å². The highest BCUT2D eigenvalue weighted by Gasteiger charge is 2.22. The van der Waals surface area contributed by atoms with Crippen LogP contribution in [0.4, 0.5) is 11.6 Å². The van der Waals surface area contributed by atoms with Gasteiger partial charge in [-0.15, -0.1) is 0 Å². The molecule has 2 rings (SSSR count). The van der Waals surface area contributed by atoms with Crippen molar-refractivity contribution in [1.29, 1.82) is 0 Å². The number of nitrogens with zero attached hydrogens (tertiary/aromatic N) is 4. The zero-order valence-electron chi connectivity index (χ0n) is 13.6. The van der Waals surface area contributed by atoms with Crippen LogP contribution < -0.4 is 15.5 Å². The zero-order valence-corrected chi connectivity index (χ0v) is 13.6. The van der Waals surface area contributed by atoms with E-state index in [1.54, 1.807) is 6.33 Å². The Morgan fingerprint density at radius 3 is 2.95 bits per heavy atom. The van der Waals surface area contributed by atoms with Crippen molar-refractivity contribution in [2.24, 2.45) is 5.92 Å². The highest BCUT2D eigenvalue weighted by molar-refractivity contribution is 5.48. The summed E-state index contributed by atoms with van der Waals surface area (Å²) in [5.74, 6) is 2.55. The van der Waals surface area contributed by atoms with Crippen molar-refractivity contribution in [2.75, 3.05) is 57.0 Å². The van der Waals surface area contributed by atoms with Crippen molar-refractivity contribution in [3.8, 4) is 0 Å². The molecule has 0 bridgehead atoms. The molecule has 1 unspecified atom stereocenters. The molecule has 21 heavy (non-hydrogen) atoms. The molecule has 2 N–H and O–H groups in total. The summed E-state index contributed by atoms with van der Waals surface area (Å²) in [6.07, 6.45) is 1.65. The standard InChI is InChI=1S/C15H28N6/c1-12(2)13-10-21(8-6-16-13)15-9-14(18-11-19-15)17-5-7-20(3)4/h9,11-13,16H,5-8,10H2,1-4H3,(H,17,18,19). The molecule has 118 valence electrons. The maximum absolute atomic E-state index is 4.44. The number of hydrogen-bond donors (Lipinski definition) is 2. The van der Waals surface area contributed by atoms with Crippen molar-refractivity contribution < 1.29 is 0 Å². The maximum Gasteiger partial charge on any atom is 0.134 e. The number of likely N-dealkylation sites (N-methyl/N-ethyl adjacent to an activating group) is 1. The lowest BCUT2D eigenvalue weighted by Gasteiger charge is -2.36. The van der Waals surface area contributed by atoms with E-state index < -0.39 is 0 Å². The van der Waals surface area contributed by atoms with Crippen LogP contribution in [0.15, 0.2) is 12.4 Å². The quantitative estimate of drug-likeness (QED) is 0.812. The number of nitrogens with one attached hydrogen (secondary N) is 2. The van der Waals surface area contributed by atoms with Crippen molar-refractivity contribution in [2.45, 2.75) is 19.9 Å².